The van der Waals surface area contributed by atoms with E-state index in [0.717, 1.165) is 0 Å². The Morgan fingerprint density at radius 2 is 1.45 bits per heavy atom. The molecule has 2 rings (SSSR count). The number of nitriles is 2. The van der Waals surface area contributed by atoms with Crippen LogP contribution in [0.5, 0.6) is 0 Å². The van der Waals surface area contributed by atoms with E-state index in [0.29, 0.717) is 39.0 Å². The van der Waals surface area contributed by atoms with Gasteiger partial charge >= 0.3 is 6.09 Å². The minimum atomic E-state index is -0.593. The van der Waals surface area contributed by atoms with E-state index in [1.165, 1.54) is 0 Å². The van der Waals surface area contributed by atoms with Crippen LogP contribution in [0.3, 0.4) is 0 Å². The quantitative estimate of drug-likeness (QED) is 0.654. The Kier molecular flexibility index (Phi) is 9.73. The molecule has 0 unspecified atom stereocenters. The molecule has 0 saturated carbocycles. The van der Waals surface area contributed by atoms with Crippen LogP contribution in [-0.2, 0) is 14.3 Å². The van der Waals surface area contributed by atoms with Gasteiger partial charge < -0.3 is 25.6 Å². The second-order valence-electron chi connectivity index (χ2n) is 8.76. The van der Waals surface area contributed by atoms with E-state index in [-0.39, 0.29) is 29.7 Å². The second-order valence-corrected chi connectivity index (χ2v) is 8.76. The van der Waals surface area contributed by atoms with Crippen LogP contribution < -0.4 is 11.1 Å². The summed E-state index contributed by atoms with van der Waals surface area (Å²) in [6, 6.07) is 3.24. The molecule has 0 aliphatic carbocycles. The summed E-state index contributed by atoms with van der Waals surface area (Å²) >= 11 is 0. The lowest BCUT2D eigenvalue weighted by Gasteiger charge is -2.37. The lowest BCUT2D eigenvalue weighted by molar-refractivity contribution is -0.139. The van der Waals surface area contributed by atoms with Crippen molar-refractivity contribution in [2.24, 2.45) is 17.6 Å². The summed E-state index contributed by atoms with van der Waals surface area (Å²) in [5, 5.41) is 19.7. The Bertz CT molecular complexity index is 724. The number of alkyl carbamates (subject to hydrolysis) is 1. The van der Waals surface area contributed by atoms with Crippen molar-refractivity contribution in [3.63, 3.8) is 0 Å². The summed E-state index contributed by atoms with van der Waals surface area (Å²) in [5.41, 5.74) is 4.95. The summed E-state index contributed by atoms with van der Waals surface area (Å²) in [6.07, 6.45) is 0.559. The number of nitrogens with one attached hydrogen (secondary N) is 1. The predicted octanol–water partition coefficient (Wildman–Crippen LogP) is 0.977. The summed E-state index contributed by atoms with van der Waals surface area (Å²) in [5.74, 6) is -0.232. The highest BCUT2D eigenvalue weighted by Crippen LogP contribution is 2.17. The Morgan fingerprint density at radius 1 is 1.00 bits per heavy atom. The van der Waals surface area contributed by atoms with Crippen LogP contribution in [0, 0.1) is 34.5 Å². The van der Waals surface area contributed by atoms with Gasteiger partial charge in [-0.15, -0.1) is 0 Å². The number of rotatable bonds is 5. The zero-order chi connectivity index (χ0) is 23.8. The smallest absolute Gasteiger partial charge is 0.408 e. The zero-order valence-electron chi connectivity index (χ0n) is 19.1. The minimum Gasteiger partial charge on any atom is -0.444 e. The molecule has 3 N–H and O–H groups in total. The average Bonchev–Trinajstić information content (AvgIpc) is 2.62. The number of carbonyl (C=O) groups is 3. The molecular formula is C21H34N6O4. The molecule has 10 nitrogen and oxygen atoms in total. The first kappa shape index (κ1) is 26.2. The van der Waals surface area contributed by atoms with Crippen molar-refractivity contribution in [3.8, 4) is 12.1 Å². The van der Waals surface area contributed by atoms with Crippen molar-refractivity contribution >= 4 is 17.9 Å². The van der Waals surface area contributed by atoms with Crippen LogP contribution in [0.25, 0.3) is 0 Å². The van der Waals surface area contributed by atoms with Crippen LogP contribution in [0.15, 0.2) is 0 Å². The standard InChI is InChI=1S/C13H21N3O3.C8H13N3O/c1-5-10(15-12(18)19-13(2,3)4)11(17)16-7-9(6-14)8-16;1-2-7(10)8(12)11-4-6(3-9)5-11/h9-10H,5,7-8H2,1-4H3,(H,15,18);6-7H,2,4-5,10H2,1H3/t10-;7-/m11/s1. The van der Waals surface area contributed by atoms with Gasteiger partial charge in [-0.05, 0) is 33.6 Å². The predicted molar refractivity (Wildman–Crippen MR) is 113 cm³/mol. The van der Waals surface area contributed by atoms with Gasteiger partial charge in [0.2, 0.25) is 11.8 Å². The maximum atomic E-state index is 12.1. The number of likely N-dealkylation sites (tertiary alicyclic amines) is 2. The highest BCUT2D eigenvalue weighted by atomic mass is 16.6. The van der Waals surface area contributed by atoms with Crippen molar-refractivity contribution in [1.29, 1.82) is 10.5 Å². The van der Waals surface area contributed by atoms with E-state index in [9.17, 15) is 14.4 Å². The van der Waals surface area contributed by atoms with Crippen LogP contribution in [0.2, 0.25) is 0 Å². The molecule has 0 radical (unpaired) electrons. The normalized spacial score (nSPS) is 18.1. The maximum absolute atomic E-state index is 12.1. The largest absolute Gasteiger partial charge is 0.444 e. The average molecular weight is 435 g/mol. The molecule has 2 fully saturated rings. The fraction of sp³-hybridized carbons (Fsp3) is 0.762. The maximum Gasteiger partial charge on any atom is 0.408 e. The number of nitrogens with zero attached hydrogens (tertiary/aromatic N) is 4. The molecule has 3 amide bonds. The molecule has 2 heterocycles. The summed E-state index contributed by atoms with van der Waals surface area (Å²) in [7, 11) is 0. The number of hydrogen-bond donors (Lipinski definition) is 2. The fourth-order valence-corrected chi connectivity index (χ4v) is 2.90. The van der Waals surface area contributed by atoms with Crippen molar-refractivity contribution < 1.29 is 19.1 Å². The second kappa shape index (κ2) is 11.5. The van der Waals surface area contributed by atoms with Gasteiger partial charge in [-0.1, -0.05) is 13.8 Å². The van der Waals surface area contributed by atoms with Crippen LogP contribution in [-0.4, -0.2) is 71.6 Å². The van der Waals surface area contributed by atoms with Gasteiger partial charge in [0.25, 0.3) is 0 Å². The van der Waals surface area contributed by atoms with Gasteiger partial charge in [0.05, 0.1) is 30.0 Å². The molecule has 10 heteroatoms. The first-order valence-corrected chi connectivity index (χ1v) is 10.6. The number of carbonyl (C=O) groups excluding carboxylic acids is 3. The Balaban J connectivity index is 0.000000343. The monoisotopic (exact) mass is 434 g/mol. The molecule has 0 aromatic rings. The molecule has 2 aliphatic heterocycles. The summed E-state index contributed by atoms with van der Waals surface area (Å²) < 4.78 is 5.12. The van der Waals surface area contributed by atoms with Gasteiger partial charge in [-0.25, -0.2) is 4.79 Å². The van der Waals surface area contributed by atoms with Gasteiger partial charge in [0, 0.05) is 26.2 Å². The third-order valence-electron chi connectivity index (χ3n) is 4.91. The lowest BCUT2D eigenvalue weighted by Crippen LogP contribution is -2.56. The number of ether oxygens (including phenoxy) is 1. The van der Waals surface area contributed by atoms with Crippen LogP contribution >= 0.6 is 0 Å². The molecule has 2 saturated heterocycles. The third-order valence-corrected chi connectivity index (χ3v) is 4.91. The molecule has 2 atom stereocenters. The molecule has 0 spiro atoms. The summed E-state index contributed by atoms with van der Waals surface area (Å²) in [4.78, 5) is 38.2. The highest BCUT2D eigenvalue weighted by Gasteiger charge is 2.35. The van der Waals surface area contributed by atoms with Gasteiger partial charge in [0.15, 0.2) is 0 Å². The van der Waals surface area contributed by atoms with Gasteiger partial charge in [0.1, 0.15) is 11.6 Å². The van der Waals surface area contributed by atoms with E-state index < -0.39 is 17.7 Å². The molecule has 0 bridgehead atoms. The first-order chi connectivity index (χ1) is 14.4. The molecule has 0 aromatic carbocycles. The van der Waals surface area contributed by atoms with E-state index in [2.05, 4.69) is 17.5 Å². The van der Waals surface area contributed by atoms with Gasteiger partial charge in [-0.2, -0.15) is 10.5 Å². The van der Waals surface area contributed by atoms with E-state index >= 15 is 0 Å². The molecule has 31 heavy (non-hydrogen) atoms. The molecular weight excluding hydrogens is 400 g/mol. The van der Waals surface area contributed by atoms with E-state index in [4.69, 9.17) is 21.0 Å². The van der Waals surface area contributed by atoms with Crippen molar-refractivity contribution in [1.82, 2.24) is 15.1 Å². The molecule has 172 valence electrons. The fourth-order valence-electron chi connectivity index (χ4n) is 2.90. The molecule has 2 aliphatic rings. The minimum absolute atomic E-state index is 0.0241. The topological polar surface area (TPSA) is 153 Å². The van der Waals surface area contributed by atoms with Crippen LogP contribution in [0.1, 0.15) is 47.5 Å². The Morgan fingerprint density at radius 3 is 1.81 bits per heavy atom. The third kappa shape index (κ3) is 8.06. The van der Waals surface area contributed by atoms with Gasteiger partial charge in [-0.3, -0.25) is 9.59 Å². The number of hydrogen-bond acceptors (Lipinski definition) is 7. The molecule has 0 aromatic heterocycles. The Hall–Kier alpha value is -2.85. The van der Waals surface area contributed by atoms with E-state index in [1.807, 2.05) is 13.8 Å². The zero-order valence-corrected chi connectivity index (χ0v) is 19.1. The summed E-state index contributed by atoms with van der Waals surface area (Å²) in [6.45, 7) is 11.0. The van der Waals surface area contributed by atoms with E-state index in [1.54, 1.807) is 30.6 Å². The van der Waals surface area contributed by atoms with Crippen molar-refractivity contribution in [3.05, 3.63) is 0 Å². The number of amides is 3. The van der Waals surface area contributed by atoms with Crippen molar-refractivity contribution in [2.45, 2.75) is 65.1 Å². The van der Waals surface area contributed by atoms with Crippen LogP contribution in [0.4, 0.5) is 4.79 Å². The van der Waals surface area contributed by atoms with Crippen molar-refractivity contribution in [2.75, 3.05) is 26.2 Å². The SMILES string of the molecule is CC[C@@H](N)C(=O)N1CC(C#N)C1.CC[C@@H](NC(=O)OC(C)(C)C)C(=O)N1CC(C#N)C1. The highest BCUT2D eigenvalue weighted by molar-refractivity contribution is 5.86. The number of nitrogens with two attached hydrogens (primary N) is 1. The Labute approximate surface area is 184 Å². The lowest BCUT2D eigenvalue weighted by atomic mass is 10.0. The first-order valence-electron chi connectivity index (χ1n) is 10.6.